The van der Waals surface area contributed by atoms with Crippen LogP contribution in [-0.2, 0) is 5.60 Å². The van der Waals surface area contributed by atoms with Crippen molar-refractivity contribution < 1.29 is 5.11 Å². The molecule has 0 aromatic heterocycles. The van der Waals surface area contributed by atoms with Gasteiger partial charge in [0.25, 0.3) is 0 Å². The fraction of sp³-hybridized carbons (Fsp3) is 0.562. The maximum Gasteiger partial charge on any atom is 0.105 e. The normalized spacial score (nSPS) is 29.7. The second-order valence-corrected chi connectivity index (χ2v) is 6.71. The highest BCUT2D eigenvalue weighted by Gasteiger charge is 2.52. The largest absolute Gasteiger partial charge is 0.384 e. The average molecular weight is 322 g/mol. The molecule has 1 aliphatic carbocycles. The highest BCUT2D eigenvalue weighted by molar-refractivity contribution is 9.10. The molecular weight excluding hydrogens is 302 g/mol. The van der Waals surface area contributed by atoms with E-state index in [-0.39, 0.29) is 0 Å². The summed E-state index contributed by atoms with van der Waals surface area (Å²) in [6.45, 7) is 3.95. The van der Waals surface area contributed by atoms with Crippen molar-refractivity contribution in [2.45, 2.75) is 45.1 Å². The molecule has 3 atom stereocenters. The first kappa shape index (κ1) is 14.6. The van der Waals surface area contributed by atoms with Crippen molar-refractivity contribution in [3.63, 3.8) is 0 Å². The summed E-state index contributed by atoms with van der Waals surface area (Å²) in [6, 6.07) is 10.1. The van der Waals surface area contributed by atoms with E-state index < -0.39 is 11.0 Å². The molecule has 0 bridgehead atoms. The second kappa shape index (κ2) is 5.26. The van der Waals surface area contributed by atoms with Gasteiger partial charge in [-0.1, -0.05) is 41.4 Å². The summed E-state index contributed by atoms with van der Waals surface area (Å²) in [5, 5.41) is 20.7. The lowest BCUT2D eigenvalue weighted by Gasteiger charge is -2.38. The van der Waals surface area contributed by atoms with Gasteiger partial charge in [-0.25, -0.2) is 0 Å². The van der Waals surface area contributed by atoms with Gasteiger partial charge in [-0.3, -0.25) is 0 Å². The SMILES string of the molecule is CCC1CCC(C#N)(C(C)(O)c2ccc(Br)cc2)C1. The number of halogens is 1. The Kier molecular flexibility index (Phi) is 4.03. The summed E-state index contributed by atoms with van der Waals surface area (Å²) in [5.41, 5.74) is -0.914. The van der Waals surface area contributed by atoms with Crippen LogP contribution in [0.2, 0.25) is 0 Å². The van der Waals surface area contributed by atoms with E-state index in [4.69, 9.17) is 0 Å². The fourth-order valence-corrected chi connectivity index (χ4v) is 3.46. The van der Waals surface area contributed by atoms with Crippen molar-refractivity contribution in [1.29, 1.82) is 5.26 Å². The minimum absolute atomic E-state index is 0.557. The summed E-state index contributed by atoms with van der Waals surface area (Å²) >= 11 is 3.40. The second-order valence-electron chi connectivity index (χ2n) is 5.79. The smallest absolute Gasteiger partial charge is 0.105 e. The summed E-state index contributed by atoms with van der Waals surface area (Å²) in [6.07, 6.45) is 3.70. The lowest BCUT2D eigenvalue weighted by molar-refractivity contribution is -0.0442. The Hall–Kier alpha value is -0.850. The lowest BCUT2D eigenvalue weighted by Crippen LogP contribution is -2.41. The van der Waals surface area contributed by atoms with E-state index in [1.54, 1.807) is 6.92 Å². The molecule has 1 aliphatic rings. The number of nitriles is 1. The molecule has 19 heavy (non-hydrogen) atoms. The van der Waals surface area contributed by atoms with E-state index in [1.165, 1.54) is 0 Å². The first-order valence-electron chi connectivity index (χ1n) is 6.85. The molecule has 3 heteroatoms. The Bertz CT molecular complexity index is 488. The van der Waals surface area contributed by atoms with Gasteiger partial charge in [0, 0.05) is 4.47 Å². The molecule has 2 rings (SSSR count). The third-order valence-electron chi connectivity index (χ3n) is 4.75. The molecular formula is C16H20BrNO. The van der Waals surface area contributed by atoms with Crippen molar-refractivity contribution in [2.24, 2.45) is 11.3 Å². The van der Waals surface area contributed by atoms with E-state index in [2.05, 4.69) is 28.9 Å². The first-order valence-corrected chi connectivity index (χ1v) is 7.64. The monoisotopic (exact) mass is 321 g/mol. The summed E-state index contributed by atoms with van der Waals surface area (Å²) in [7, 11) is 0. The van der Waals surface area contributed by atoms with Gasteiger partial charge in [-0.2, -0.15) is 5.26 Å². The Labute approximate surface area is 123 Å². The number of aliphatic hydroxyl groups is 1. The molecule has 0 amide bonds. The van der Waals surface area contributed by atoms with Crippen LogP contribution in [0.4, 0.5) is 0 Å². The number of hydrogen-bond acceptors (Lipinski definition) is 2. The Morgan fingerprint density at radius 3 is 2.58 bits per heavy atom. The van der Waals surface area contributed by atoms with Gasteiger partial charge in [0.15, 0.2) is 0 Å². The summed E-state index contributed by atoms with van der Waals surface area (Å²) in [4.78, 5) is 0. The van der Waals surface area contributed by atoms with E-state index in [0.717, 1.165) is 35.7 Å². The molecule has 102 valence electrons. The van der Waals surface area contributed by atoms with Crippen molar-refractivity contribution in [3.8, 4) is 6.07 Å². The van der Waals surface area contributed by atoms with Crippen LogP contribution in [-0.4, -0.2) is 5.11 Å². The van der Waals surface area contributed by atoms with Gasteiger partial charge in [-0.05, 0) is 49.8 Å². The third-order valence-corrected chi connectivity index (χ3v) is 5.27. The van der Waals surface area contributed by atoms with Gasteiger partial charge in [0.2, 0.25) is 0 Å². The number of rotatable bonds is 3. The van der Waals surface area contributed by atoms with Gasteiger partial charge < -0.3 is 5.11 Å². The predicted octanol–water partition coefficient (Wildman–Crippen LogP) is 4.38. The number of benzene rings is 1. The molecule has 0 aliphatic heterocycles. The fourth-order valence-electron chi connectivity index (χ4n) is 3.20. The molecule has 1 aromatic rings. The zero-order chi connectivity index (χ0) is 14.1. The quantitative estimate of drug-likeness (QED) is 0.897. The Balaban J connectivity index is 2.37. The minimum Gasteiger partial charge on any atom is -0.384 e. The van der Waals surface area contributed by atoms with Gasteiger partial charge in [-0.15, -0.1) is 0 Å². The third kappa shape index (κ3) is 2.44. The number of nitrogens with zero attached hydrogens (tertiary/aromatic N) is 1. The van der Waals surface area contributed by atoms with Crippen LogP contribution in [0, 0.1) is 22.7 Å². The van der Waals surface area contributed by atoms with Crippen LogP contribution in [0.3, 0.4) is 0 Å². The van der Waals surface area contributed by atoms with Crippen molar-refractivity contribution in [2.75, 3.05) is 0 Å². The van der Waals surface area contributed by atoms with Crippen LogP contribution >= 0.6 is 15.9 Å². The molecule has 1 N–H and O–H groups in total. The summed E-state index contributed by atoms with van der Waals surface area (Å²) in [5.74, 6) is 0.557. The van der Waals surface area contributed by atoms with Gasteiger partial charge >= 0.3 is 0 Å². The molecule has 3 unspecified atom stereocenters. The minimum atomic E-state index is -1.09. The van der Waals surface area contributed by atoms with Crippen LogP contribution in [0.25, 0.3) is 0 Å². The highest BCUT2D eigenvalue weighted by atomic mass is 79.9. The van der Waals surface area contributed by atoms with E-state index >= 15 is 0 Å². The van der Waals surface area contributed by atoms with Crippen molar-refractivity contribution in [1.82, 2.24) is 0 Å². The maximum atomic E-state index is 11.0. The van der Waals surface area contributed by atoms with Gasteiger partial charge in [0.05, 0.1) is 11.5 Å². The molecule has 0 heterocycles. The first-order chi connectivity index (χ1) is 8.95. The van der Waals surface area contributed by atoms with Gasteiger partial charge in [0.1, 0.15) is 5.60 Å². The topological polar surface area (TPSA) is 44.0 Å². The molecule has 0 radical (unpaired) electrons. The Morgan fingerprint density at radius 1 is 1.47 bits per heavy atom. The van der Waals surface area contributed by atoms with Crippen molar-refractivity contribution >= 4 is 15.9 Å². The lowest BCUT2D eigenvalue weighted by atomic mass is 9.68. The van der Waals surface area contributed by atoms with E-state index in [0.29, 0.717) is 5.92 Å². The van der Waals surface area contributed by atoms with E-state index in [1.807, 2.05) is 24.3 Å². The van der Waals surface area contributed by atoms with Crippen LogP contribution in [0.1, 0.15) is 45.1 Å². The highest BCUT2D eigenvalue weighted by Crippen LogP contribution is 2.53. The molecule has 0 saturated heterocycles. The van der Waals surface area contributed by atoms with E-state index in [9.17, 15) is 10.4 Å². The average Bonchev–Trinajstić information content (AvgIpc) is 2.84. The molecule has 0 spiro atoms. The molecule has 1 saturated carbocycles. The standard InChI is InChI=1S/C16H20BrNO/c1-3-12-8-9-16(10-12,11-18)15(2,19)13-4-6-14(17)7-5-13/h4-7,12,19H,3,8-10H2,1-2H3. The summed E-state index contributed by atoms with van der Waals surface area (Å²) < 4.78 is 0.982. The molecule has 1 fully saturated rings. The van der Waals surface area contributed by atoms with Crippen LogP contribution in [0.5, 0.6) is 0 Å². The van der Waals surface area contributed by atoms with Crippen LogP contribution < -0.4 is 0 Å². The van der Waals surface area contributed by atoms with Crippen molar-refractivity contribution in [3.05, 3.63) is 34.3 Å². The van der Waals surface area contributed by atoms with Crippen LogP contribution in [0.15, 0.2) is 28.7 Å². The zero-order valence-corrected chi connectivity index (χ0v) is 13.1. The number of hydrogen-bond donors (Lipinski definition) is 1. The zero-order valence-electron chi connectivity index (χ0n) is 11.5. The predicted molar refractivity (Wildman–Crippen MR) is 79.4 cm³/mol. The maximum absolute atomic E-state index is 11.0. The molecule has 1 aromatic carbocycles. The molecule has 2 nitrogen and oxygen atoms in total. The Morgan fingerprint density at radius 2 is 2.11 bits per heavy atom.